The molecule has 0 amide bonds. The number of esters is 1. The lowest BCUT2D eigenvalue weighted by Crippen LogP contribution is -2.06. The number of aliphatic imine (C=N–C) groups is 1. The van der Waals surface area contributed by atoms with E-state index in [2.05, 4.69) is 27.6 Å². The second kappa shape index (κ2) is 7.99. The number of carbonyl (C=O) groups is 1. The molecule has 0 radical (unpaired) electrons. The molecule has 1 aliphatic rings. The number of hydrogen-bond acceptors (Lipinski definition) is 6. The molecule has 2 aromatic carbocycles. The second-order valence-electron chi connectivity index (χ2n) is 5.72. The van der Waals surface area contributed by atoms with Crippen LogP contribution in [0.2, 0.25) is 0 Å². The minimum Gasteiger partial charge on any atom is -0.493 e. The van der Waals surface area contributed by atoms with Crippen LogP contribution in [0.4, 0.5) is 0 Å². The van der Waals surface area contributed by atoms with Gasteiger partial charge in [0, 0.05) is 14.7 Å². The molecule has 1 aliphatic heterocycles. The van der Waals surface area contributed by atoms with Crippen molar-refractivity contribution in [1.29, 1.82) is 0 Å². The molecule has 0 spiro atoms. The molecule has 3 rings (SSSR count). The molecule has 0 aliphatic carbocycles. The smallest absolute Gasteiger partial charge is 0.363 e. The Labute approximate surface area is 170 Å². The van der Waals surface area contributed by atoms with Gasteiger partial charge in [-0.25, -0.2) is 9.79 Å². The predicted molar refractivity (Wildman–Crippen MR) is 111 cm³/mol. The van der Waals surface area contributed by atoms with Crippen LogP contribution in [0.5, 0.6) is 17.2 Å². The molecular weight excluding hydrogens is 461 g/mol. The Kier molecular flexibility index (Phi) is 5.69. The van der Waals surface area contributed by atoms with E-state index in [9.17, 15) is 4.79 Å². The SMILES string of the molecule is COc1ccc(/C=C2\N=C(c3ccc(I)c(C)c3)OC2=O)c(OC)c1OC. The van der Waals surface area contributed by atoms with Gasteiger partial charge < -0.3 is 18.9 Å². The van der Waals surface area contributed by atoms with Crippen molar-refractivity contribution in [3.05, 3.63) is 56.3 Å². The summed E-state index contributed by atoms with van der Waals surface area (Å²) in [5.74, 6) is 1.19. The standard InChI is InChI=1S/C20H18INO5/c1-11-9-13(5-7-14(11)21)19-22-15(20(23)27-19)10-12-6-8-16(24-2)18(26-4)17(12)25-3/h5-10H,1-4H3/b15-10-. The summed E-state index contributed by atoms with van der Waals surface area (Å²) >= 11 is 2.25. The van der Waals surface area contributed by atoms with Crippen molar-refractivity contribution in [3.63, 3.8) is 0 Å². The van der Waals surface area contributed by atoms with Gasteiger partial charge in [0.2, 0.25) is 11.6 Å². The zero-order valence-corrected chi connectivity index (χ0v) is 17.5. The van der Waals surface area contributed by atoms with Crippen molar-refractivity contribution < 1.29 is 23.7 Å². The summed E-state index contributed by atoms with van der Waals surface area (Å²) < 4.78 is 22.6. The minimum absolute atomic E-state index is 0.187. The highest BCUT2D eigenvalue weighted by atomic mass is 127. The maximum Gasteiger partial charge on any atom is 0.363 e. The summed E-state index contributed by atoms with van der Waals surface area (Å²) in [7, 11) is 4.59. The molecule has 0 saturated carbocycles. The number of methoxy groups -OCH3 is 3. The maximum absolute atomic E-state index is 12.3. The molecule has 0 fully saturated rings. The van der Waals surface area contributed by atoms with E-state index in [1.807, 2.05) is 25.1 Å². The highest BCUT2D eigenvalue weighted by Crippen LogP contribution is 2.40. The molecule has 27 heavy (non-hydrogen) atoms. The number of benzene rings is 2. The van der Waals surface area contributed by atoms with Gasteiger partial charge in [-0.2, -0.15) is 0 Å². The van der Waals surface area contributed by atoms with Crippen molar-refractivity contribution in [2.24, 2.45) is 4.99 Å². The summed E-state index contributed by atoms with van der Waals surface area (Å²) in [6, 6.07) is 9.28. The number of ether oxygens (including phenoxy) is 4. The normalized spacial score (nSPS) is 14.8. The van der Waals surface area contributed by atoms with Gasteiger partial charge in [-0.05, 0) is 71.5 Å². The fourth-order valence-corrected chi connectivity index (χ4v) is 3.03. The quantitative estimate of drug-likeness (QED) is 0.369. The van der Waals surface area contributed by atoms with Crippen LogP contribution in [0.25, 0.3) is 6.08 Å². The largest absolute Gasteiger partial charge is 0.493 e. The number of hydrogen-bond donors (Lipinski definition) is 0. The van der Waals surface area contributed by atoms with Gasteiger partial charge in [0.25, 0.3) is 0 Å². The van der Waals surface area contributed by atoms with E-state index < -0.39 is 5.97 Å². The summed E-state index contributed by atoms with van der Waals surface area (Å²) in [6.07, 6.45) is 1.61. The highest BCUT2D eigenvalue weighted by molar-refractivity contribution is 14.1. The molecule has 2 aromatic rings. The second-order valence-corrected chi connectivity index (χ2v) is 6.89. The first-order chi connectivity index (χ1) is 13.0. The Hall–Kier alpha value is -2.55. The van der Waals surface area contributed by atoms with Crippen molar-refractivity contribution in [3.8, 4) is 17.2 Å². The van der Waals surface area contributed by atoms with E-state index >= 15 is 0 Å². The Morgan fingerprint density at radius 3 is 2.41 bits per heavy atom. The molecule has 0 saturated heterocycles. The fraction of sp³-hybridized carbons (Fsp3) is 0.200. The third kappa shape index (κ3) is 3.78. The number of halogens is 1. The van der Waals surface area contributed by atoms with Crippen LogP contribution >= 0.6 is 22.6 Å². The number of cyclic esters (lactones) is 1. The molecule has 0 aromatic heterocycles. The number of nitrogens with zero attached hydrogens (tertiary/aromatic N) is 1. The number of carbonyl (C=O) groups excluding carboxylic acids is 1. The lowest BCUT2D eigenvalue weighted by Gasteiger charge is -2.14. The molecule has 7 heteroatoms. The lowest BCUT2D eigenvalue weighted by atomic mass is 10.1. The summed E-state index contributed by atoms with van der Waals surface area (Å²) in [6.45, 7) is 1.99. The van der Waals surface area contributed by atoms with E-state index in [1.54, 1.807) is 25.3 Å². The van der Waals surface area contributed by atoms with Gasteiger partial charge in [-0.1, -0.05) is 0 Å². The van der Waals surface area contributed by atoms with Gasteiger partial charge in [0.05, 0.1) is 21.3 Å². The van der Waals surface area contributed by atoms with Crippen molar-refractivity contribution in [2.45, 2.75) is 6.92 Å². The maximum atomic E-state index is 12.3. The Bertz CT molecular complexity index is 965. The Morgan fingerprint density at radius 1 is 1.04 bits per heavy atom. The van der Waals surface area contributed by atoms with Crippen LogP contribution < -0.4 is 14.2 Å². The van der Waals surface area contributed by atoms with Crippen molar-refractivity contribution in [1.82, 2.24) is 0 Å². The summed E-state index contributed by atoms with van der Waals surface area (Å²) in [5, 5.41) is 0. The van der Waals surface area contributed by atoms with Crippen LogP contribution in [0.3, 0.4) is 0 Å². The molecule has 6 nitrogen and oxygen atoms in total. The van der Waals surface area contributed by atoms with Crippen LogP contribution in [-0.4, -0.2) is 33.2 Å². The van der Waals surface area contributed by atoms with E-state index in [4.69, 9.17) is 18.9 Å². The Morgan fingerprint density at radius 2 is 1.78 bits per heavy atom. The zero-order valence-electron chi connectivity index (χ0n) is 15.3. The van der Waals surface area contributed by atoms with Gasteiger partial charge in [0.15, 0.2) is 17.2 Å². The van der Waals surface area contributed by atoms with Crippen LogP contribution in [-0.2, 0) is 9.53 Å². The van der Waals surface area contributed by atoms with Gasteiger partial charge in [-0.3, -0.25) is 0 Å². The first-order valence-electron chi connectivity index (χ1n) is 8.06. The predicted octanol–water partition coefficient (Wildman–Crippen LogP) is 3.97. The summed E-state index contributed by atoms with van der Waals surface area (Å²) in [5.41, 5.74) is 2.66. The highest BCUT2D eigenvalue weighted by Gasteiger charge is 2.25. The monoisotopic (exact) mass is 479 g/mol. The molecule has 1 heterocycles. The van der Waals surface area contributed by atoms with E-state index in [1.165, 1.54) is 14.2 Å². The van der Waals surface area contributed by atoms with Gasteiger partial charge >= 0.3 is 5.97 Å². The average Bonchev–Trinajstić information content (AvgIpc) is 3.03. The van der Waals surface area contributed by atoms with E-state index in [-0.39, 0.29) is 11.6 Å². The van der Waals surface area contributed by atoms with Crippen LogP contribution in [0.15, 0.2) is 41.0 Å². The van der Waals surface area contributed by atoms with Gasteiger partial charge in [-0.15, -0.1) is 0 Å². The lowest BCUT2D eigenvalue weighted by molar-refractivity contribution is -0.129. The molecular formula is C20H18INO5. The topological polar surface area (TPSA) is 66.4 Å². The zero-order chi connectivity index (χ0) is 19.6. The molecule has 140 valence electrons. The number of rotatable bonds is 5. The van der Waals surface area contributed by atoms with Crippen molar-refractivity contribution >= 4 is 40.5 Å². The molecule has 0 unspecified atom stereocenters. The fourth-order valence-electron chi connectivity index (χ4n) is 2.70. The Balaban J connectivity index is 2.03. The van der Waals surface area contributed by atoms with Crippen molar-refractivity contribution in [2.75, 3.05) is 21.3 Å². The van der Waals surface area contributed by atoms with Crippen LogP contribution in [0.1, 0.15) is 16.7 Å². The molecule has 0 bridgehead atoms. The van der Waals surface area contributed by atoms with E-state index in [0.717, 1.165) is 14.7 Å². The third-order valence-electron chi connectivity index (χ3n) is 4.05. The summed E-state index contributed by atoms with van der Waals surface area (Å²) in [4.78, 5) is 16.6. The first-order valence-corrected chi connectivity index (χ1v) is 9.14. The van der Waals surface area contributed by atoms with Crippen LogP contribution in [0, 0.1) is 10.5 Å². The third-order valence-corrected chi connectivity index (χ3v) is 5.26. The van der Waals surface area contributed by atoms with Gasteiger partial charge in [0.1, 0.15) is 0 Å². The number of aryl methyl sites for hydroxylation is 1. The minimum atomic E-state index is -0.516. The molecule has 0 atom stereocenters. The average molecular weight is 479 g/mol. The molecule has 0 N–H and O–H groups in total. The first kappa shape index (κ1) is 19.2. The van der Waals surface area contributed by atoms with E-state index in [0.29, 0.717) is 22.8 Å².